The van der Waals surface area contributed by atoms with Crippen molar-refractivity contribution in [1.29, 1.82) is 0 Å². The lowest BCUT2D eigenvalue weighted by molar-refractivity contribution is 0.152. The number of likely N-dealkylation sites (N-methyl/N-ethyl adjacent to an activating group) is 1. The highest BCUT2D eigenvalue weighted by molar-refractivity contribution is 5.14. The van der Waals surface area contributed by atoms with Crippen molar-refractivity contribution >= 4 is 0 Å². The van der Waals surface area contributed by atoms with Gasteiger partial charge in [0.25, 0.3) is 0 Å². The van der Waals surface area contributed by atoms with Gasteiger partial charge in [0.1, 0.15) is 0 Å². The number of hydrogen-bond acceptors (Lipinski definition) is 2. The number of nitrogens with zero attached hydrogens (tertiary/aromatic N) is 1. The van der Waals surface area contributed by atoms with E-state index in [1.54, 1.807) is 0 Å². The molecule has 0 fully saturated rings. The zero-order valence-electron chi connectivity index (χ0n) is 11.6. The summed E-state index contributed by atoms with van der Waals surface area (Å²) in [5.41, 5.74) is 7.75. The van der Waals surface area contributed by atoms with Crippen molar-refractivity contribution in [1.82, 2.24) is 4.90 Å². The van der Waals surface area contributed by atoms with Crippen molar-refractivity contribution < 1.29 is 0 Å². The number of rotatable bonds is 6. The maximum atomic E-state index is 6.27. The van der Waals surface area contributed by atoms with E-state index < -0.39 is 0 Å². The second kappa shape index (κ2) is 6.18. The SMILES string of the molecule is CN(C)C(C)(C)C(N)CCCc1ccccc1. The maximum Gasteiger partial charge on any atom is 0.0298 e. The lowest BCUT2D eigenvalue weighted by Gasteiger charge is -2.38. The van der Waals surface area contributed by atoms with Crippen molar-refractivity contribution in [3.05, 3.63) is 35.9 Å². The quantitative estimate of drug-likeness (QED) is 0.820. The summed E-state index contributed by atoms with van der Waals surface area (Å²) in [5, 5.41) is 0. The van der Waals surface area contributed by atoms with Gasteiger partial charge in [-0.25, -0.2) is 0 Å². The molecular weight excluding hydrogens is 208 g/mol. The van der Waals surface area contributed by atoms with Gasteiger partial charge in [0.05, 0.1) is 0 Å². The normalized spacial score (nSPS) is 14.0. The summed E-state index contributed by atoms with van der Waals surface area (Å²) in [7, 11) is 4.19. The van der Waals surface area contributed by atoms with Crippen LogP contribution in [0.2, 0.25) is 0 Å². The molecule has 2 N–H and O–H groups in total. The second-order valence-electron chi connectivity index (χ2n) is 5.53. The molecule has 0 amide bonds. The Kier molecular flexibility index (Phi) is 5.16. The third-order valence-corrected chi connectivity index (χ3v) is 3.88. The molecule has 96 valence electrons. The van der Waals surface area contributed by atoms with Crippen LogP contribution in [0.15, 0.2) is 30.3 Å². The molecule has 0 aliphatic carbocycles. The lowest BCUT2D eigenvalue weighted by Crippen LogP contribution is -2.53. The van der Waals surface area contributed by atoms with E-state index in [4.69, 9.17) is 5.73 Å². The number of nitrogens with two attached hydrogens (primary N) is 1. The molecule has 1 aromatic carbocycles. The molecular formula is C15H26N2. The summed E-state index contributed by atoms with van der Waals surface area (Å²) < 4.78 is 0. The van der Waals surface area contributed by atoms with Gasteiger partial charge >= 0.3 is 0 Å². The van der Waals surface area contributed by atoms with Crippen LogP contribution in [0.5, 0.6) is 0 Å². The third-order valence-electron chi connectivity index (χ3n) is 3.88. The Bertz CT molecular complexity index is 317. The summed E-state index contributed by atoms with van der Waals surface area (Å²) in [4.78, 5) is 2.21. The molecule has 0 aliphatic heterocycles. The highest BCUT2D eigenvalue weighted by atomic mass is 15.2. The largest absolute Gasteiger partial charge is 0.326 e. The van der Waals surface area contributed by atoms with Gasteiger partial charge in [0, 0.05) is 11.6 Å². The molecule has 1 unspecified atom stereocenters. The molecule has 17 heavy (non-hydrogen) atoms. The van der Waals surface area contributed by atoms with E-state index in [1.165, 1.54) is 5.56 Å². The van der Waals surface area contributed by atoms with E-state index in [2.05, 4.69) is 63.2 Å². The summed E-state index contributed by atoms with van der Waals surface area (Å²) in [6, 6.07) is 10.8. The average molecular weight is 234 g/mol. The van der Waals surface area contributed by atoms with Gasteiger partial charge < -0.3 is 10.6 Å². The highest BCUT2D eigenvalue weighted by Crippen LogP contribution is 2.18. The number of aryl methyl sites for hydroxylation is 1. The van der Waals surface area contributed by atoms with Gasteiger partial charge in [-0.15, -0.1) is 0 Å². The van der Waals surface area contributed by atoms with Crippen LogP contribution in [-0.4, -0.2) is 30.6 Å². The molecule has 0 aliphatic rings. The highest BCUT2D eigenvalue weighted by Gasteiger charge is 2.27. The van der Waals surface area contributed by atoms with E-state index in [-0.39, 0.29) is 11.6 Å². The van der Waals surface area contributed by atoms with E-state index >= 15 is 0 Å². The Balaban J connectivity index is 2.37. The summed E-state index contributed by atoms with van der Waals surface area (Å²) in [6.07, 6.45) is 3.35. The van der Waals surface area contributed by atoms with Gasteiger partial charge in [-0.05, 0) is 52.8 Å². The smallest absolute Gasteiger partial charge is 0.0298 e. The monoisotopic (exact) mass is 234 g/mol. The Morgan fingerprint density at radius 1 is 1.18 bits per heavy atom. The predicted molar refractivity (Wildman–Crippen MR) is 75.1 cm³/mol. The molecule has 0 heterocycles. The maximum absolute atomic E-state index is 6.27. The molecule has 2 nitrogen and oxygen atoms in total. The fourth-order valence-electron chi connectivity index (χ4n) is 1.86. The van der Waals surface area contributed by atoms with Gasteiger partial charge in [-0.2, -0.15) is 0 Å². The zero-order valence-corrected chi connectivity index (χ0v) is 11.6. The molecule has 0 spiro atoms. The topological polar surface area (TPSA) is 29.3 Å². The van der Waals surface area contributed by atoms with E-state index in [1.807, 2.05) is 0 Å². The number of benzene rings is 1. The van der Waals surface area contributed by atoms with Crippen LogP contribution in [0.1, 0.15) is 32.3 Å². The average Bonchev–Trinajstić information content (AvgIpc) is 2.30. The van der Waals surface area contributed by atoms with Gasteiger partial charge in [-0.3, -0.25) is 0 Å². The third kappa shape index (κ3) is 4.14. The first-order chi connectivity index (χ1) is 7.94. The zero-order chi connectivity index (χ0) is 12.9. The van der Waals surface area contributed by atoms with Crippen molar-refractivity contribution in [3.8, 4) is 0 Å². The first kappa shape index (κ1) is 14.2. The lowest BCUT2D eigenvalue weighted by atomic mass is 9.89. The van der Waals surface area contributed by atoms with Gasteiger partial charge in [0.2, 0.25) is 0 Å². The van der Waals surface area contributed by atoms with Gasteiger partial charge in [0.15, 0.2) is 0 Å². The predicted octanol–water partition coefficient (Wildman–Crippen LogP) is 2.68. The van der Waals surface area contributed by atoms with Crippen LogP contribution in [-0.2, 0) is 6.42 Å². The fourth-order valence-corrected chi connectivity index (χ4v) is 1.86. The van der Waals surface area contributed by atoms with E-state index in [0.29, 0.717) is 0 Å². The Morgan fingerprint density at radius 3 is 2.29 bits per heavy atom. The molecule has 1 atom stereocenters. The second-order valence-corrected chi connectivity index (χ2v) is 5.53. The van der Waals surface area contributed by atoms with Crippen LogP contribution in [0.4, 0.5) is 0 Å². The molecule has 0 radical (unpaired) electrons. The molecule has 1 rings (SSSR count). The minimum atomic E-state index is 0.0662. The molecule has 0 saturated carbocycles. The Hall–Kier alpha value is -0.860. The summed E-state index contributed by atoms with van der Waals surface area (Å²) in [5.74, 6) is 0. The number of hydrogen-bond donors (Lipinski definition) is 1. The Morgan fingerprint density at radius 2 is 1.76 bits per heavy atom. The first-order valence-corrected chi connectivity index (χ1v) is 6.41. The van der Waals surface area contributed by atoms with Crippen molar-refractivity contribution in [2.45, 2.75) is 44.7 Å². The van der Waals surface area contributed by atoms with E-state index in [0.717, 1.165) is 19.3 Å². The standard InChI is InChI=1S/C15H26N2/c1-15(2,17(3)4)14(16)12-8-11-13-9-6-5-7-10-13/h5-7,9-10,14H,8,11-12,16H2,1-4H3. The molecule has 2 heteroatoms. The van der Waals surface area contributed by atoms with Gasteiger partial charge in [-0.1, -0.05) is 30.3 Å². The van der Waals surface area contributed by atoms with Crippen molar-refractivity contribution in [2.75, 3.05) is 14.1 Å². The van der Waals surface area contributed by atoms with Crippen LogP contribution in [0.3, 0.4) is 0 Å². The summed E-state index contributed by atoms with van der Waals surface area (Å²) >= 11 is 0. The first-order valence-electron chi connectivity index (χ1n) is 6.41. The molecule has 0 saturated heterocycles. The van der Waals surface area contributed by atoms with Crippen LogP contribution < -0.4 is 5.73 Å². The van der Waals surface area contributed by atoms with Crippen LogP contribution >= 0.6 is 0 Å². The van der Waals surface area contributed by atoms with Crippen LogP contribution in [0, 0.1) is 0 Å². The van der Waals surface area contributed by atoms with Crippen molar-refractivity contribution in [3.63, 3.8) is 0 Å². The summed E-state index contributed by atoms with van der Waals surface area (Å²) in [6.45, 7) is 4.42. The molecule has 1 aromatic rings. The molecule has 0 aromatic heterocycles. The van der Waals surface area contributed by atoms with Crippen molar-refractivity contribution in [2.24, 2.45) is 5.73 Å². The van der Waals surface area contributed by atoms with E-state index in [9.17, 15) is 0 Å². The minimum Gasteiger partial charge on any atom is -0.326 e. The fraction of sp³-hybridized carbons (Fsp3) is 0.600. The van der Waals surface area contributed by atoms with Crippen LogP contribution in [0.25, 0.3) is 0 Å². The molecule has 0 bridgehead atoms. The minimum absolute atomic E-state index is 0.0662. The Labute approximate surface area is 106 Å².